The van der Waals surface area contributed by atoms with Crippen molar-refractivity contribution in [3.05, 3.63) is 40.2 Å². The summed E-state index contributed by atoms with van der Waals surface area (Å²) in [5.74, 6) is -0.175. The maximum absolute atomic E-state index is 11.9. The molecule has 1 aromatic carbocycles. The molecule has 0 spiro atoms. The molecular weight excluding hydrogens is 266 g/mol. The van der Waals surface area contributed by atoms with E-state index in [0.29, 0.717) is 12.0 Å². The second-order valence-corrected chi connectivity index (χ2v) is 5.49. The molecular formula is C17H19NO3. The summed E-state index contributed by atoms with van der Waals surface area (Å²) < 4.78 is 5.34. The number of carbonyl (C=O) groups excluding carboxylic acids is 1. The van der Waals surface area contributed by atoms with E-state index < -0.39 is 5.63 Å². The number of hydrogen-bond donors (Lipinski definition) is 0. The zero-order chi connectivity index (χ0) is 14.8. The second kappa shape index (κ2) is 5.72. The first-order valence-electron chi connectivity index (χ1n) is 7.55. The first-order chi connectivity index (χ1) is 10.2. The van der Waals surface area contributed by atoms with Crippen molar-refractivity contribution >= 4 is 22.4 Å². The molecule has 2 heterocycles. The molecule has 0 atom stereocenters. The van der Waals surface area contributed by atoms with Crippen LogP contribution < -0.4 is 10.5 Å². The first kappa shape index (κ1) is 13.9. The fraction of sp³-hybridized carbons (Fsp3) is 0.412. The molecule has 4 heteroatoms. The fourth-order valence-corrected chi connectivity index (χ4v) is 2.83. The number of hydrogen-bond acceptors (Lipinski definition) is 4. The molecule has 4 nitrogen and oxygen atoms in total. The van der Waals surface area contributed by atoms with E-state index in [1.165, 1.54) is 19.3 Å². The van der Waals surface area contributed by atoms with E-state index in [1.54, 1.807) is 13.0 Å². The number of benzene rings is 1. The van der Waals surface area contributed by atoms with Gasteiger partial charge in [-0.3, -0.25) is 4.79 Å². The molecule has 0 aliphatic carbocycles. The van der Waals surface area contributed by atoms with Gasteiger partial charge in [0.2, 0.25) is 0 Å². The van der Waals surface area contributed by atoms with Gasteiger partial charge in [-0.25, -0.2) is 4.79 Å². The number of ketones is 1. The summed E-state index contributed by atoms with van der Waals surface area (Å²) in [6.45, 7) is 3.83. The lowest BCUT2D eigenvalue weighted by molar-refractivity contribution is 0.0985. The largest absolute Gasteiger partial charge is 0.422 e. The number of carbonyl (C=O) groups is 1. The van der Waals surface area contributed by atoms with Crippen LogP contribution in [0.5, 0.6) is 0 Å². The standard InChI is InChI=1S/C17H19NO3/c1-2-15(19)14-10-12-6-7-13(11-16(12)21-17(14)20)18-8-4-3-5-9-18/h6-7,10-11H,2-5,8-9H2,1H3. The van der Waals surface area contributed by atoms with Gasteiger partial charge in [-0.1, -0.05) is 6.92 Å². The molecule has 1 saturated heterocycles. The van der Waals surface area contributed by atoms with Crippen molar-refractivity contribution in [2.24, 2.45) is 0 Å². The van der Waals surface area contributed by atoms with Gasteiger partial charge in [0.05, 0.1) is 0 Å². The molecule has 1 aromatic heterocycles. The van der Waals surface area contributed by atoms with Crippen LogP contribution in [0.25, 0.3) is 11.0 Å². The molecule has 2 aromatic rings. The van der Waals surface area contributed by atoms with E-state index in [-0.39, 0.29) is 11.3 Å². The highest BCUT2D eigenvalue weighted by Gasteiger charge is 2.14. The summed E-state index contributed by atoms with van der Waals surface area (Å²) in [7, 11) is 0. The highest BCUT2D eigenvalue weighted by molar-refractivity contribution is 5.98. The van der Waals surface area contributed by atoms with Gasteiger partial charge in [0.1, 0.15) is 11.1 Å². The average Bonchev–Trinajstić information content (AvgIpc) is 2.53. The molecule has 0 radical (unpaired) electrons. The molecule has 1 aliphatic rings. The maximum Gasteiger partial charge on any atom is 0.347 e. The minimum Gasteiger partial charge on any atom is -0.422 e. The first-order valence-corrected chi connectivity index (χ1v) is 7.55. The number of fused-ring (bicyclic) bond motifs is 1. The van der Waals surface area contributed by atoms with Crippen LogP contribution in [0.3, 0.4) is 0 Å². The number of Topliss-reactive ketones (excluding diaryl/α,β-unsaturated/α-hetero) is 1. The van der Waals surface area contributed by atoms with Gasteiger partial charge in [-0.15, -0.1) is 0 Å². The zero-order valence-electron chi connectivity index (χ0n) is 12.2. The van der Waals surface area contributed by atoms with Gasteiger partial charge in [-0.05, 0) is 37.5 Å². The summed E-state index contributed by atoms with van der Waals surface area (Å²) in [6.07, 6.45) is 3.99. The fourth-order valence-electron chi connectivity index (χ4n) is 2.83. The third kappa shape index (κ3) is 2.71. The van der Waals surface area contributed by atoms with E-state index >= 15 is 0 Å². The van der Waals surface area contributed by atoms with Crippen LogP contribution in [0, 0.1) is 0 Å². The Morgan fingerprint density at radius 2 is 1.95 bits per heavy atom. The Bertz CT molecular complexity index is 726. The number of piperidine rings is 1. The van der Waals surface area contributed by atoms with Crippen molar-refractivity contribution in [3.63, 3.8) is 0 Å². The quantitative estimate of drug-likeness (QED) is 0.641. The summed E-state index contributed by atoms with van der Waals surface area (Å²) >= 11 is 0. The average molecular weight is 285 g/mol. The topological polar surface area (TPSA) is 50.5 Å². The minimum absolute atomic E-state index is 0.149. The van der Waals surface area contributed by atoms with E-state index in [2.05, 4.69) is 4.90 Å². The Kier molecular flexibility index (Phi) is 3.78. The molecule has 1 fully saturated rings. The van der Waals surface area contributed by atoms with E-state index in [0.717, 1.165) is 24.2 Å². The van der Waals surface area contributed by atoms with Gasteiger partial charge in [0, 0.05) is 36.7 Å². The van der Waals surface area contributed by atoms with E-state index in [4.69, 9.17) is 4.42 Å². The molecule has 0 bridgehead atoms. The highest BCUT2D eigenvalue weighted by atomic mass is 16.4. The second-order valence-electron chi connectivity index (χ2n) is 5.49. The van der Waals surface area contributed by atoms with Crippen molar-refractivity contribution in [3.8, 4) is 0 Å². The summed E-state index contributed by atoms with van der Waals surface area (Å²) in [5, 5.41) is 0.798. The molecule has 0 amide bonds. The Morgan fingerprint density at radius 1 is 1.19 bits per heavy atom. The van der Waals surface area contributed by atoms with Crippen molar-refractivity contribution in [1.29, 1.82) is 0 Å². The molecule has 0 N–H and O–H groups in total. The number of anilines is 1. The summed E-state index contributed by atoms with van der Waals surface area (Å²) in [4.78, 5) is 26.0. The predicted octanol–water partition coefficient (Wildman–Crippen LogP) is 3.38. The Hall–Kier alpha value is -2.10. The Morgan fingerprint density at radius 3 is 2.67 bits per heavy atom. The molecule has 3 rings (SSSR count). The van der Waals surface area contributed by atoms with Crippen molar-refractivity contribution in [1.82, 2.24) is 0 Å². The van der Waals surface area contributed by atoms with Crippen molar-refractivity contribution in [2.75, 3.05) is 18.0 Å². The molecule has 110 valence electrons. The Labute approximate surface area is 123 Å². The summed E-state index contributed by atoms with van der Waals surface area (Å²) in [5.41, 5.74) is 1.25. The van der Waals surface area contributed by atoms with Gasteiger partial charge in [0.15, 0.2) is 5.78 Å². The highest BCUT2D eigenvalue weighted by Crippen LogP contribution is 2.24. The van der Waals surface area contributed by atoms with Crippen molar-refractivity contribution < 1.29 is 9.21 Å². The third-order valence-electron chi connectivity index (χ3n) is 4.06. The van der Waals surface area contributed by atoms with Crippen LogP contribution >= 0.6 is 0 Å². The van der Waals surface area contributed by atoms with Crippen LogP contribution in [0.4, 0.5) is 5.69 Å². The van der Waals surface area contributed by atoms with Crippen LogP contribution in [-0.2, 0) is 0 Å². The number of nitrogens with zero attached hydrogens (tertiary/aromatic N) is 1. The molecule has 0 unspecified atom stereocenters. The van der Waals surface area contributed by atoms with Gasteiger partial charge >= 0.3 is 5.63 Å². The SMILES string of the molecule is CCC(=O)c1cc2ccc(N3CCCCC3)cc2oc1=O. The monoisotopic (exact) mass is 285 g/mol. The van der Waals surface area contributed by atoms with Crippen LogP contribution in [0.1, 0.15) is 43.0 Å². The van der Waals surface area contributed by atoms with Gasteiger partial charge in [-0.2, -0.15) is 0 Å². The third-order valence-corrected chi connectivity index (χ3v) is 4.06. The normalized spacial score (nSPS) is 15.4. The smallest absolute Gasteiger partial charge is 0.347 e. The lowest BCUT2D eigenvalue weighted by Gasteiger charge is -2.28. The lowest BCUT2D eigenvalue weighted by atomic mass is 10.1. The zero-order valence-corrected chi connectivity index (χ0v) is 12.2. The van der Waals surface area contributed by atoms with E-state index in [1.807, 2.05) is 18.2 Å². The molecule has 1 aliphatic heterocycles. The maximum atomic E-state index is 11.9. The minimum atomic E-state index is -0.537. The van der Waals surface area contributed by atoms with Crippen molar-refractivity contribution in [2.45, 2.75) is 32.6 Å². The van der Waals surface area contributed by atoms with Crippen LogP contribution in [-0.4, -0.2) is 18.9 Å². The van der Waals surface area contributed by atoms with Crippen LogP contribution in [0.15, 0.2) is 33.5 Å². The van der Waals surface area contributed by atoms with Gasteiger partial charge in [0.25, 0.3) is 0 Å². The van der Waals surface area contributed by atoms with Crippen LogP contribution in [0.2, 0.25) is 0 Å². The lowest BCUT2D eigenvalue weighted by Crippen LogP contribution is -2.29. The van der Waals surface area contributed by atoms with E-state index in [9.17, 15) is 9.59 Å². The summed E-state index contributed by atoms with van der Waals surface area (Å²) in [6, 6.07) is 7.51. The number of rotatable bonds is 3. The molecule has 21 heavy (non-hydrogen) atoms. The van der Waals surface area contributed by atoms with Gasteiger partial charge < -0.3 is 9.32 Å². The Balaban J connectivity index is 2.02. The molecule has 0 saturated carbocycles. The predicted molar refractivity (Wildman–Crippen MR) is 83.2 cm³/mol.